The van der Waals surface area contributed by atoms with Crippen LogP contribution in [0.2, 0.25) is 0 Å². The Hall–Kier alpha value is -0.390. The van der Waals surface area contributed by atoms with Crippen LogP contribution in [0.1, 0.15) is 50.7 Å². The third kappa shape index (κ3) is 3.69. The van der Waals surface area contributed by atoms with E-state index < -0.39 is 10.1 Å². The fraction of sp³-hybridized carbons (Fsp3) is 0.375. The molecule has 108 valence electrons. The maximum Gasteiger partial charge on any atom is 1.00 e. The Morgan fingerprint density at radius 3 is 2.05 bits per heavy atom. The Morgan fingerprint density at radius 1 is 1.00 bits per heavy atom. The van der Waals surface area contributed by atoms with Crippen LogP contribution in [0.25, 0.3) is 10.8 Å². The summed E-state index contributed by atoms with van der Waals surface area (Å²) < 4.78 is 35.3. The molecule has 0 aliphatic rings. The normalized spacial score (nSPS) is 12.0. The van der Waals surface area contributed by atoms with Crippen LogP contribution in [0.3, 0.4) is 0 Å². The zero-order chi connectivity index (χ0) is 15.1. The van der Waals surface area contributed by atoms with E-state index in [2.05, 4.69) is 0 Å². The first-order valence-electron chi connectivity index (χ1n) is 6.75. The van der Waals surface area contributed by atoms with Crippen LogP contribution >= 0.6 is 0 Å². The molecule has 3 nitrogen and oxygen atoms in total. The van der Waals surface area contributed by atoms with Crippen molar-refractivity contribution in [2.75, 3.05) is 0 Å². The third-order valence-electron chi connectivity index (χ3n) is 3.52. The van der Waals surface area contributed by atoms with Gasteiger partial charge in [-0.3, -0.25) is 0 Å². The minimum atomic E-state index is -4.50. The van der Waals surface area contributed by atoms with E-state index in [4.69, 9.17) is 0 Å². The van der Waals surface area contributed by atoms with Gasteiger partial charge in [0.25, 0.3) is 0 Å². The van der Waals surface area contributed by atoms with Gasteiger partial charge in [0, 0.05) is 0 Å². The molecule has 0 radical (unpaired) electrons. The van der Waals surface area contributed by atoms with Crippen molar-refractivity contribution in [2.24, 2.45) is 0 Å². The fourth-order valence-electron chi connectivity index (χ4n) is 2.66. The summed E-state index contributed by atoms with van der Waals surface area (Å²) in [5.74, 6) is -0.0480. The number of fused-ring (bicyclic) bond motifs is 1. The zero-order valence-electron chi connectivity index (χ0n) is 13.2. The van der Waals surface area contributed by atoms with Crippen molar-refractivity contribution in [3.8, 4) is 0 Å². The summed E-state index contributed by atoms with van der Waals surface area (Å²) >= 11 is 0. The molecule has 0 saturated heterocycles. The molecular formula is C16H19NaO3S. The van der Waals surface area contributed by atoms with Crippen molar-refractivity contribution < 1.29 is 42.5 Å². The molecule has 0 N–H and O–H groups in total. The third-order valence-corrected chi connectivity index (χ3v) is 4.47. The molecule has 0 saturated carbocycles. The number of benzene rings is 2. The number of rotatable bonds is 3. The molecule has 0 bridgehead atoms. The molecule has 5 heteroatoms. The first-order chi connectivity index (χ1) is 9.23. The molecular weight excluding hydrogens is 295 g/mol. The molecule has 2 rings (SSSR count). The second-order valence-corrected chi connectivity index (χ2v) is 7.01. The van der Waals surface area contributed by atoms with Gasteiger partial charge in [0.15, 0.2) is 0 Å². The van der Waals surface area contributed by atoms with Gasteiger partial charge in [0.2, 0.25) is 0 Å². The van der Waals surface area contributed by atoms with Gasteiger partial charge in [-0.05, 0) is 39.8 Å². The van der Waals surface area contributed by atoms with Gasteiger partial charge in [0.1, 0.15) is 10.1 Å². The van der Waals surface area contributed by atoms with Crippen LogP contribution in [-0.4, -0.2) is 13.0 Å². The maximum atomic E-state index is 11.8. The summed E-state index contributed by atoms with van der Waals surface area (Å²) in [4.78, 5) is -0.0267. The number of hydrogen-bond acceptors (Lipinski definition) is 3. The minimum Gasteiger partial charge on any atom is -0.744 e. The van der Waals surface area contributed by atoms with Crippen LogP contribution in [0.4, 0.5) is 0 Å². The summed E-state index contributed by atoms with van der Waals surface area (Å²) in [6.45, 7) is 7.65. The van der Waals surface area contributed by atoms with Gasteiger partial charge in [-0.1, -0.05) is 52.0 Å². The Labute approximate surface area is 148 Å². The van der Waals surface area contributed by atoms with Crippen LogP contribution in [-0.2, 0) is 10.1 Å². The average Bonchev–Trinajstić information content (AvgIpc) is 2.34. The van der Waals surface area contributed by atoms with E-state index >= 15 is 0 Å². The zero-order valence-corrected chi connectivity index (χ0v) is 16.0. The quantitative estimate of drug-likeness (QED) is 0.627. The maximum absolute atomic E-state index is 11.8. The summed E-state index contributed by atoms with van der Waals surface area (Å²) in [6, 6.07) is 9.45. The van der Waals surface area contributed by atoms with Gasteiger partial charge in [-0.2, -0.15) is 0 Å². The first kappa shape index (κ1) is 18.7. The van der Waals surface area contributed by atoms with E-state index in [-0.39, 0.29) is 46.3 Å². The predicted octanol–water partition coefficient (Wildman–Crippen LogP) is 0.995. The van der Waals surface area contributed by atoms with E-state index in [1.54, 1.807) is 0 Å². The molecule has 2 aromatic rings. The molecule has 0 unspecified atom stereocenters. The molecule has 0 aliphatic carbocycles. The Balaban J connectivity index is 0.00000220. The van der Waals surface area contributed by atoms with Gasteiger partial charge < -0.3 is 4.55 Å². The van der Waals surface area contributed by atoms with Crippen LogP contribution in [0.5, 0.6) is 0 Å². The van der Waals surface area contributed by atoms with Gasteiger partial charge in [0.05, 0.1) is 4.90 Å². The second kappa shape index (κ2) is 6.80. The SMILES string of the molecule is CC(C)c1cc2ccccc2c(C(C)C)c1S(=O)(=O)[O-].[Na+]. The van der Waals surface area contributed by atoms with Crippen LogP contribution in [0, 0.1) is 0 Å². The minimum absolute atomic E-state index is 0. The number of hydrogen-bond donors (Lipinski definition) is 0. The molecule has 0 amide bonds. The molecule has 0 atom stereocenters. The second-order valence-electron chi connectivity index (χ2n) is 5.69. The van der Waals surface area contributed by atoms with E-state index in [1.807, 2.05) is 58.0 Å². The van der Waals surface area contributed by atoms with E-state index in [0.29, 0.717) is 11.1 Å². The van der Waals surface area contributed by atoms with Gasteiger partial charge in [-0.25, -0.2) is 8.42 Å². The van der Waals surface area contributed by atoms with Crippen molar-refractivity contribution in [1.82, 2.24) is 0 Å². The molecule has 0 fully saturated rings. The van der Waals surface area contributed by atoms with Crippen molar-refractivity contribution >= 4 is 20.9 Å². The standard InChI is InChI=1S/C16H20O3S.Na/c1-10(2)14-9-12-7-5-6-8-13(12)15(11(3)4)16(14)20(17,18)19;/h5-11H,1-4H3,(H,17,18,19);/q;+1/p-1. The molecule has 2 aromatic carbocycles. The van der Waals surface area contributed by atoms with E-state index in [0.717, 1.165) is 10.8 Å². The van der Waals surface area contributed by atoms with Gasteiger partial charge >= 0.3 is 29.6 Å². The summed E-state index contributed by atoms with van der Waals surface area (Å²) in [7, 11) is -4.50. The smallest absolute Gasteiger partial charge is 0.744 e. The Morgan fingerprint density at radius 2 is 1.57 bits per heavy atom. The largest absolute Gasteiger partial charge is 1.00 e. The molecule has 0 heterocycles. The van der Waals surface area contributed by atoms with Gasteiger partial charge in [-0.15, -0.1) is 0 Å². The predicted molar refractivity (Wildman–Crippen MR) is 80.1 cm³/mol. The summed E-state index contributed by atoms with van der Waals surface area (Å²) in [5, 5.41) is 1.83. The average molecular weight is 314 g/mol. The first-order valence-corrected chi connectivity index (χ1v) is 8.15. The van der Waals surface area contributed by atoms with Crippen molar-refractivity contribution in [1.29, 1.82) is 0 Å². The van der Waals surface area contributed by atoms with Crippen LogP contribution in [0.15, 0.2) is 35.2 Å². The van der Waals surface area contributed by atoms with Crippen LogP contribution < -0.4 is 29.6 Å². The Bertz CT molecular complexity index is 749. The summed E-state index contributed by atoms with van der Waals surface area (Å²) in [5.41, 5.74) is 1.25. The summed E-state index contributed by atoms with van der Waals surface area (Å²) in [6.07, 6.45) is 0. The van der Waals surface area contributed by atoms with E-state index in [1.165, 1.54) is 0 Å². The monoisotopic (exact) mass is 314 g/mol. The van der Waals surface area contributed by atoms with Crippen molar-refractivity contribution in [2.45, 2.75) is 44.4 Å². The molecule has 21 heavy (non-hydrogen) atoms. The fourth-order valence-corrected chi connectivity index (χ4v) is 3.86. The molecule has 0 aromatic heterocycles. The molecule has 0 spiro atoms. The van der Waals surface area contributed by atoms with Crippen molar-refractivity contribution in [3.63, 3.8) is 0 Å². The van der Waals surface area contributed by atoms with E-state index in [9.17, 15) is 13.0 Å². The topological polar surface area (TPSA) is 57.2 Å². The molecule has 0 aliphatic heterocycles. The Kier molecular flexibility index (Phi) is 6.04. The van der Waals surface area contributed by atoms with Crippen molar-refractivity contribution in [3.05, 3.63) is 41.5 Å².